The molecular weight excluding hydrogens is 388 g/mol. The summed E-state index contributed by atoms with van der Waals surface area (Å²) in [6.45, 7) is 8.38. The molecule has 0 atom stereocenters. The minimum absolute atomic E-state index is 0.563. The number of ether oxygens (including phenoxy) is 1. The van der Waals surface area contributed by atoms with Gasteiger partial charge in [0.15, 0.2) is 5.65 Å². The molecule has 7 nitrogen and oxygen atoms in total. The number of hydrogen-bond donors (Lipinski definition) is 2. The summed E-state index contributed by atoms with van der Waals surface area (Å²) in [5.74, 6) is 1.29. The van der Waals surface area contributed by atoms with E-state index in [9.17, 15) is 0 Å². The molecule has 0 fully saturated rings. The van der Waals surface area contributed by atoms with Gasteiger partial charge in [-0.2, -0.15) is 15.1 Å². The Bertz CT molecular complexity index is 1160. The third-order valence-electron chi connectivity index (χ3n) is 5.15. The van der Waals surface area contributed by atoms with Gasteiger partial charge in [0, 0.05) is 25.4 Å². The van der Waals surface area contributed by atoms with Crippen LogP contribution in [0.2, 0.25) is 0 Å². The van der Waals surface area contributed by atoms with Gasteiger partial charge in [-0.3, -0.25) is 0 Å². The molecule has 2 aromatic carbocycles. The van der Waals surface area contributed by atoms with Gasteiger partial charge < -0.3 is 15.4 Å². The minimum Gasteiger partial charge on any atom is -0.382 e. The van der Waals surface area contributed by atoms with Crippen molar-refractivity contribution in [2.45, 2.75) is 27.2 Å². The van der Waals surface area contributed by atoms with Crippen molar-refractivity contribution in [3.63, 3.8) is 0 Å². The monoisotopic (exact) mass is 416 g/mol. The molecule has 0 unspecified atom stereocenters. The van der Waals surface area contributed by atoms with E-state index < -0.39 is 0 Å². The van der Waals surface area contributed by atoms with Crippen molar-refractivity contribution in [2.24, 2.45) is 0 Å². The molecule has 0 saturated heterocycles. The fourth-order valence-electron chi connectivity index (χ4n) is 3.32. The first-order valence-corrected chi connectivity index (χ1v) is 10.6. The van der Waals surface area contributed by atoms with E-state index in [1.165, 1.54) is 11.1 Å². The second-order valence-electron chi connectivity index (χ2n) is 7.43. The summed E-state index contributed by atoms with van der Waals surface area (Å²) < 4.78 is 7.26. The maximum Gasteiger partial charge on any atom is 0.226 e. The molecule has 4 aromatic rings. The Morgan fingerprint density at radius 2 is 1.84 bits per heavy atom. The summed E-state index contributed by atoms with van der Waals surface area (Å²) in [6, 6.07) is 16.3. The van der Waals surface area contributed by atoms with E-state index in [0.29, 0.717) is 12.6 Å². The number of hydrogen-bond acceptors (Lipinski definition) is 6. The second kappa shape index (κ2) is 9.57. The first kappa shape index (κ1) is 20.8. The van der Waals surface area contributed by atoms with Crippen LogP contribution in [0.3, 0.4) is 0 Å². The van der Waals surface area contributed by atoms with Crippen LogP contribution in [-0.2, 0) is 4.74 Å². The van der Waals surface area contributed by atoms with Gasteiger partial charge in [0.25, 0.3) is 0 Å². The Hall–Kier alpha value is -3.45. The zero-order chi connectivity index (χ0) is 21.6. The highest BCUT2D eigenvalue weighted by Gasteiger charge is 2.14. The molecule has 0 aliphatic carbocycles. The van der Waals surface area contributed by atoms with Crippen LogP contribution < -0.4 is 10.6 Å². The maximum atomic E-state index is 5.42. The Kier molecular flexibility index (Phi) is 6.43. The molecule has 0 amide bonds. The van der Waals surface area contributed by atoms with Crippen molar-refractivity contribution in [1.29, 1.82) is 0 Å². The SMILES string of the molecule is CCOCCCNc1nc(Nc2ccc(C)c(C)c2)c2cnn(-c3ccccc3)c2n1. The molecule has 2 aromatic heterocycles. The van der Waals surface area contributed by atoms with Crippen molar-refractivity contribution in [1.82, 2.24) is 19.7 Å². The lowest BCUT2D eigenvalue weighted by molar-refractivity contribution is 0.147. The van der Waals surface area contributed by atoms with Gasteiger partial charge >= 0.3 is 0 Å². The molecule has 4 rings (SSSR count). The average molecular weight is 417 g/mol. The molecule has 0 aliphatic rings. The molecule has 0 aliphatic heterocycles. The van der Waals surface area contributed by atoms with E-state index in [4.69, 9.17) is 14.7 Å². The largest absolute Gasteiger partial charge is 0.382 e. The first-order chi connectivity index (χ1) is 15.2. The Morgan fingerprint density at radius 1 is 1.00 bits per heavy atom. The highest BCUT2D eigenvalue weighted by Crippen LogP contribution is 2.27. The van der Waals surface area contributed by atoms with Crippen molar-refractivity contribution < 1.29 is 4.74 Å². The summed E-state index contributed by atoms with van der Waals surface area (Å²) in [6.07, 6.45) is 2.69. The number of fused-ring (bicyclic) bond motifs is 1. The summed E-state index contributed by atoms with van der Waals surface area (Å²) >= 11 is 0. The van der Waals surface area contributed by atoms with E-state index in [-0.39, 0.29) is 0 Å². The van der Waals surface area contributed by atoms with E-state index in [1.54, 1.807) is 0 Å². The zero-order valence-electron chi connectivity index (χ0n) is 18.2. The standard InChI is InChI=1S/C24H28N6O/c1-4-31-14-8-13-25-24-28-22(27-19-12-11-17(2)18(3)15-19)21-16-26-30(23(21)29-24)20-9-6-5-7-10-20/h5-7,9-12,15-16H,4,8,13-14H2,1-3H3,(H2,25,27,28,29). The van der Waals surface area contributed by atoms with E-state index in [0.717, 1.165) is 47.8 Å². The fourth-order valence-corrected chi connectivity index (χ4v) is 3.32. The van der Waals surface area contributed by atoms with E-state index in [2.05, 4.69) is 47.8 Å². The lowest BCUT2D eigenvalue weighted by atomic mass is 10.1. The molecule has 2 heterocycles. The number of anilines is 3. The van der Waals surface area contributed by atoms with Gasteiger partial charge in [-0.1, -0.05) is 24.3 Å². The predicted molar refractivity (Wildman–Crippen MR) is 125 cm³/mol. The molecule has 0 saturated carbocycles. The van der Waals surface area contributed by atoms with Crippen LogP contribution >= 0.6 is 0 Å². The average Bonchev–Trinajstić information content (AvgIpc) is 3.21. The maximum absolute atomic E-state index is 5.42. The third-order valence-corrected chi connectivity index (χ3v) is 5.15. The lowest BCUT2D eigenvalue weighted by Gasteiger charge is -2.12. The molecule has 160 valence electrons. The van der Waals surface area contributed by atoms with Crippen LogP contribution in [-0.4, -0.2) is 39.5 Å². The van der Waals surface area contributed by atoms with Crippen molar-refractivity contribution in [3.8, 4) is 5.69 Å². The second-order valence-corrected chi connectivity index (χ2v) is 7.43. The lowest BCUT2D eigenvalue weighted by Crippen LogP contribution is -2.10. The summed E-state index contributed by atoms with van der Waals surface area (Å²) in [5.41, 5.74) is 5.17. The smallest absolute Gasteiger partial charge is 0.226 e. The van der Waals surface area contributed by atoms with Crippen LogP contribution in [0.25, 0.3) is 16.7 Å². The van der Waals surface area contributed by atoms with E-state index in [1.807, 2.05) is 48.1 Å². The molecular formula is C24H28N6O. The van der Waals surface area contributed by atoms with Crippen molar-refractivity contribution >= 4 is 28.5 Å². The number of para-hydroxylation sites is 1. The Labute approximate surface area is 182 Å². The summed E-state index contributed by atoms with van der Waals surface area (Å²) in [7, 11) is 0. The molecule has 0 radical (unpaired) electrons. The van der Waals surface area contributed by atoms with Crippen molar-refractivity contribution in [3.05, 3.63) is 65.9 Å². The number of nitrogens with zero attached hydrogens (tertiary/aromatic N) is 4. The van der Waals surface area contributed by atoms with Gasteiger partial charge in [0.1, 0.15) is 5.82 Å². The normalized spacial score (nSPS) is 11.1. The Balaban J connectivity index is 1.70. The van der Waals surface area contributed by atoms with Crippen LogP contribution in [0.1, 0.15) is 24.5 Å². The van der Waals surface area contributed by atoms with Crippen LogP contribution in [0.15, 0.2) is 54.7 Å². The fraction of sp³-hybridized carbons (Fsp3) is 0.292. The first-order valence-electron chi connectivity index (χ1n) is 10.6. The van der Waals surface area contributed by atoms with Gasteiger partial charge in [-0.05, 0) is 62.6 Å². The Morgan fingerprint density at radius 3 is 2.61 bits per heavy atom. The molecule has 2 N–H and O–H groups in total. The van der Waals surface area contributed by atoms with Crippen LogP contribution in [0, 0.1) is 13.8 Å². The number of nitrogens with one attached hydrogen (secondary N) is 2. The summed E-state index contributed by atoms with van der Waals surface area (Å²) in [4.78, 5) is 9.51. The highest BCUT2D eigenvalue weighted by molar-refractivity contribution is 5.90. The molecule has 31 heavy (non-hydrogen) atoms. The zero-order valence-corrected chi connectivity index (χ0v) is 18.2. The summed E-state index contributed by atoms with van der Waals surface area (Å²) in [5, 5.41) is 12.2. The van der Waals surface area contributed by atoms with Gasteiger partial charge in [0.2, 0.25) is 5.95 Å². The number of benzene rings is 2. The van der Waals surface area contributed by atoms with Crippen LogP contribution in [0.4, 0.5) is 17.5 Å². The van der Waals surface area contributed by atoms with Gasteiger partial charge in [-0.15, -0.1) is 0 Å². The highest BCUT2D eigenvalue weighted by atomic mass is 16.5. The molecule has 7 heteroatoms. The topological polar surface area (TPSA) is 76.9 Å². The number of rotatable bonds is 9. The minimum atomic E-state index is 0.563. The van der Waals surface area contributed by atoms with Crippen LogP contribution in [0.5, 0.6) is 0 Å². The number of aromatic nitrogens is 4. The van der Waals surface area contributed by atoms with Crippen molar-refractivity contribution in [2.75, 3.05) is 30.4 Å². The molecule has 0 bridgehead atoms. The van der Waals surface area contributed by atoms with Gasteiger partial charge in [0.05, 0.1) is 17.3 Å². The predicted octanol–water partition coefficient (Wildman–Crippen LogP) is 5.01. The quantitative estimate of drug-likeness (QED) is 0.373. The number of aryl methyl sites for hydroxylation is 2. The van der Waals surface area contributed by atoms with E-state index >= 15 is 0 Å². The third kappa shape index (κ3) is 4.83. The van der Waals surface area contributed by atoms with Gasteiger partial charge in [-0.25, -0.2) is 4.68 Å². The molecule has 0 spiro atoms.